The lowest BCUT2D eigenvalue weighted by Crippen LogP contribution is -2.05. The molecular weight excluding hydrogens is 202 g/mol. The van der Waals surface area contributed by atoms with Gasteiger partial charge in [0.05, 0.1) is 0 Å². The van der Waals surface area contributed by atoms with Gasteiger partial charge >= 0.3 is 10.1 Å². The molecule has 0 aliphatic carbocycles. The number of hydrogen-bond acceptors (Lipinski definition) is 3. The number of hydrogen-bond donors (Lipinski definition) is 1. The normalized spacial score (nSPS) is 11.6. The Labute approximate surface area is 83.7 Å². The zero-order valence-corrected chi connectivity index (χ0v) is 8.79. The number of nitrogens with zero attached hydrogens (tertiary/aromatic N) is 1. The third-order valence-electron chi connectivity index (χ3n) is 1.89. The van der Waals surface area contributed by atoms with Crippen LogP contribution < -0.4 is 0 Å². The summed E-state index contributed by atoms with van der Waals surface area (Å²) in [5.74, 6) is 0. The van der Waals surface area contributed by atoms with E-state index < -0.39 is 10.1 Å². The summed E-state index contributed by atoms with van der Waals surface area (Å²) in [6, 6.07) is 3.34. The second-order valence-electron chi connectivity index (χ2n) is 3.05. The third kappa shape index (κ3) is 2.78. The van der Waals surface area contributed by atoms with Crippen molar-refractivity contribution in [2.24, 2.45) is 0 Å². The minimum Gasteiger partial charge on any atom is -0.281 e. The van der Waals surface area contributed by atoms with Crippen molar-refractivity contribution < 1.29 is 13.0 Å². The number of aromatic nitrogens is 1. The molecule has 1 N–H and O–H groups in total. The predicted octanol–water partition coefficient (Wildman–Crippen LogP) is 1.67. The molecule has 0 fully saturated rings. The fraction of sp³-hybridized carbons (Fsp3) is 0.444. The molecule has 0 amide bonds. The Morgan fingerprint density at radius 3 is 2.79 bits per heavy atom. The van der Waals surface area contributed by atoms with E-state index in [0.29, 0.717) is 12.0 Å². The molecule has 0 aliphatic rings. The van der Waals surface area contributed by atoms with Crippen LogP contribution in [0.5, 0.6) is 0 Å². The van der Waals surface area contributed by atoms with E-state index in [-0.39, 0.29) is 5.03 Å². The van der Waals surface area contributed by atoms with Gasteiger partial charge in [-0.2, -0.15) is 8.42 Å². The number of aryl methyl sites for hydroxylation is 1. The summed E-state index contributed by atoms with van der Waals surface area (Å²) in [4.78, 5) is 3.66. The van der Waals surface area contributed by atoms with Crippen LogP contribution in [-0.2, 0) is 16.5 Å². The summed E-state index contributed by atoms with van der Waals surface area (Å²) in [6.45, 7) is 2.02. The smallest absolute Gasteiger partial charge is 0.281 e. The van der Waals surface area contributed by atoms with Crippen LogP contribution >= 0.6 is 0 Å². The molecule has 1 heterocycles. The largest absolute Gasteiger partial charge is 0.312 e. The lowest BCUT2D eigenvalue weighted by atomic mass is 10.1. The van der Waals surface area contributed by atoms with Crippen molar-refractivity contribution in [1.29, 1.82) is 0 Å². The van der Waals surface area contributed by atoms with Gasteiger partial charge < -0.3 is 0 Å². The average Bonchev–Trinajstić information content (AvgIpc) is 2.14. The van der Waals surface area contributed by atoms with Crippen LogP contribution in [0.15, 0.2) is 23.4 Å². The minimum absolute atomic E-state index is 0.214. The van der Waals surface area contributed by atoms with E-state index in [1.165, 1.54) is 6.20 Å². The van der Waals surface area contributed by atoms with Crippen LogP contribution in [0, 0.1) is 0 Å². The lowest BCUT2D eigenvalue weighted by Gasteiger charge is -2.03. The molecule has 78 valence electrons. The van der Waals surface area contributed by atoms with Crippen molar-refractivity contribution in [2.75, 3.05) is 0 Å². The zero-order chi connectivity index (χ0) is 10.6. The molecule has 5 heteroatoms. The quantitative estimate of drug-likeness (QED) is 0.776. The van der Waals surface area contributed by atoms with Crippen LogP contribution in [0.4, 0.5) is 0 Å². The zero-order valence-electron chi connectivity index (χ0n) is 7.97. The highest BCUT2D eigenvalue weighted by Gasteiger charge is 2.15. The van der Waals surface area contributed by atoms with Crippen molar-refractivity contribution in [2.45, 2.75) is 31.2 Å². The standard InChI is InChI=1S/C9H13NO3S/c1-2-3-5-8-6-4-7-10-9(8)14(11,12)13/h4,6-7H,2-3,5H2,1H3,(H,11,12,13). The maximum absolute atomic E-state index is 10.9. The van der Waals surface area contributed by atoms with Crippen LogP contribution in [0.25, 0.3) is 0 Å². The molecular formula is C9H13NO3S. The molecule has 0 radical (unpaired) electrons. The van der Waals surface area contributed by atoms with Crippen molar-refractivity contribution >= 4 is 10.1 Å². The number of unbranched alkanes of at least 4 members (excludes halogenated alkanes) is 1. The van der Waals surface area contributed by atoms with Gasteiger partial charge in [0.25, 0.3) is 0 Å². The Bertz CT molecular complexity index is 400. The van der Waals surface area contributed by atoms with Gasteiger partial charge in [0.15, 0.2) is 5.03 Å². The van der Waals surface area contributed by atoms with Crippen molar-refractivity contribution in [3.05, 3.63) is 23.9 Å². The second-order valence-corrected chi connectivity index (χ2v) is 4.38. The molecule has 0 atom stereocenters. The summed E-state index contributed by atoms with van der Waals surface area (Å²) in [6.07, 6.45) is 3.84. The summed E-state index contributed by atoms with van der Waals surface area (Å²) in [5.41, 5.74) is 0.580. The van der Waals surface area contributed by atoms with Gasteiger partial charge in [0.1, 0.15) is 0 Å². The van der Waals surface area contributed by atoms with E-state index in [2.05, 4.69) is 4.98 Å². The molecule has 0 aromatic carbocycles. The summed E-state index contributed by atoms with van der Waals surface area (Å²) < 4.78 is 30.7. The Morgan fingerprint density at radius 2 is 2.21 bits per heavy atom. The number of pyridine rings is 1. The maximum atomic E-state index is 10.9. The van der Waals surface area contributed by atoms with E-state index in [9.17, 15) is 8.42 Å². The first-order chi connectivity index (χ1) is 6.55. The van der Waals surface area contributed by atoms with Gasteiger partial charge in [-0.15, -0.1) is 0 Å². The SMILES string of the molecule is CCCCc1cccnc1S(=O)(=O)O. The highest BCUT2D eigenvalue weighted by Crippen LogP contribution is 2.14. The Kier molecular flexibility index (Phi) is 3.60. The van der Waals surface area contributed by atoms with Gasteiger partial charge in [0.2, 0.25) is 0 Å². The molecule has 4 nitrogen and oxygen atoms in total. The first-order valence-electron chi connectivity index (χ1n) is 4.47. The Balaban J connectivity index is 3.04. The molecule has 0 saturated carbocycles. The lowest BCUT2D eigenvalue weighted by molar-refractivity contribution is 0.477. The topological polar surface area (TPSA) is 67.3 Å². The third-order valence-corrected chi connectivity index (χ3v) is 2.75. The minimum atomic E-state index is -4.18. The van der Waals surface area contributed by atoms with Crippen LogP contribution in [0.2, 0.25) is 0 Å². The summed E-state index contributed by atoms with van der Waals surface area (Å²) in [5, 5.41) is -0.214. The first-order valence-corrected chi connectivity index (χ1v) is 5.91. The Hall–Kier alpha value is -0.940. The summed E-state index contributed by atoms with van der Waals surface area (Å²) in [7, 11) is -4.18. The molecule has 0 aliphatic heterocycles. The monoisotopic (exact) mass is 215 g/mol. The Morgan fingerprint density at radius 1 is 1.50 bits per heavy atom. The predicted molar refractivity (Wildman–Crippen MR) is 52.7 cm³/mol. The molecule has 0 unspecified atom stereocenters. The van der Waals surface area contributed by atoms with E-state index >= 15 is 0 Å². The van der Waals surface area contributed by atoms with Crippen LogP contribution in [0.1, 0.15) is 25.3 Å². The fourth-order valence-electron chi connectivity index (χ4n) is 1.21. The van der Waals surface area contributed by atoms with Crippen LogP contribution in [0.3, 0.4) is 0 Å². The maximum Gasteiger partial charge on any atom is 0.312 e. The number of rotatable bonds is 4. The van der Waals surface area contributed by atoms with Gasteiger partial charge in [-0.1, -0.05) is 19.4 Å². The molecule has 0 saturated heterocycles. The van der Waals surface area contributed by atoms with Crippen molar-refractivity contribution in [3.8, 4) is 0 Å². The second kappa shape index (κ2) is 4.52. The van der Waals surface area contributed by atoms with E-state index in [0.717, 1.165) is 12.8 Å². The highest BCUT2D eigenvalue weighted by molar-refractivity contribution is 7.85. The van der Waals surface area contributed by atoms with Gasteiger partial charge in [-0.3, -0.25) is 4.55 Å². The van der Waals surface area contributed by atoms with Gasteiger partial charge in [-0.25, -0.2) is 4.98 Å². The van der Waals surface area contributed by atoms with E-state index in [4.69, 9.17) is 4.55 Å². The van der Waals surface area contributed by atoms with E-state index in [1.807, 2.05) is 6.92 Å². The van der Waals surface area contributed by atoms with Crippen molar-refractivity contribution in [1.82, 2.24) is 4.98 Å². The fourth-order valence-corrected chi connectivity index (χ4v) is 1.91. The highest BCUT2D eigenvalue weighted by atomic mass is 32.2. The molecule has 14 heavy (non-hydrogen) atoms. The molecule has 1 rings (SSSR count). The average molecular weight is 215 g/mol. The van der Waals surface area contributed by atoms with Gasteiger partial charge in [-0.05, 0) is 24.5 Å². The van der Waals surface area contributed by atoms with Crippen LogP contribution in [-0.4, -0.2) is 18.0 Å². The molecule has 1 aromatic heterocycles. The van der Waals surface area contributed by atoms with Crippen molar-refractivity contribution in [3.63, 3.8) is 0 Å². The molecule has 1 aromatic rings. The first kappa shape index (κ1) is 11.1. The van der Waals surface area contributed by atoms with Gasteiger partial charge in [0, 0.05) is 6.20 Å². The van der Waals surface area contributed by atoms with E-state index in [1.54, 1.807) is 12.1 Å². The summed E-state index contributed by atoms with van der Waals surface area (Å²) >= 11 is 0. The molecule has 0 spiro atoms. The molecule has 0 bridgehead atoms.